The van der Waals surface area contributed by atoms with Crippen LogP contribution < -0.4 is 15.5 Å². The first kappa shape index (κ1) is 21.0. The standard InChI is InChI=1S/C26H33N5O/c1-17-14-18(8-9-22(17)32)16-27-23-15-26(23)12-10-19(11-13-26)28-25-29-21-7-5-4-6-20(21)24(30-25)31(2)3/h4-9,14,19,23,27,32H,10-13,15-16H2,1-3H3,(H,28,29,30)/t19?,23-,26?/m1/s1. The molecule has 5 rings (SSSR count). The molecule has 6 nitrogen and oxygen atoms in total. The lowest BCUT2D eigenvalue weighted by Crippen LogP contribution is -2.31. The van der Waals surface area contributed by atoms with Gasteiger partial charge in [0, 0.05) is 38.1 Å². The molecule has 3 N–H and O–H groups in total. The van der Waals surface area contributed by atoms with E-state index in [-0.39, 0.29) is 0 Å². The molecule has 1 aromatic heterocycles. The fourth-order valence-corrected chi connectivity index (χ4v) is 5.24. The lowest BCUT2D eigenvalue weighted by Gasteiger charge is -2.30. The van der Waals surface area contributed by atoms with Gasteiger partial charge in [-0.05, 0) is 73.8 Å². The number of rotatable bonds is 6. The second kappa shape index (κ2) is 8.24. The van der Waals surface area contributed by atoms with Crippen LogP contribution in [0.1, 0.15) is 43.2 Å². The highest BCUT2D eigenvalue weighted by molar-refractivity contribution is 5.90. The van der Waals surface area contributed by atoms with E-state index in [1.807, 2.05) is 39.2 Å². The van der Waals surface area contributed by atoms with Crippen LogP contribution in [-0.2, 0) is 6.54 Å². The number of nitrogens with zero attached hydrogens (tertiary/aromatic N) is 3. The summed E-state index contributed by atoms with van der Waals surface area (Å²) >= 11 is 0. The van der Waals surface area contributed by atoms with Gasteiger partial charge in [0.25, 0.3) is 0 Å². The SMILES string of the molecule is Cc1cc(CN[C@@H]2CC23CCC(Nc2nc(N(C)C)c4ccccc4n2)CC3)ccc1O. The van der Waals surface area contributed by atoms with Gasteiger partial charge >= 0.3 is 0 Å². The Morgan fingerprint density at radius 3 is 2.62 bits per heavy atom. The molecule has 2 aliphatic carbocycles. The second-order valence-electron chi connectivity index (χ2n) is 9.82. The second-order valence-corrected chi connectivity index (χ2v) is 9.82. The van der Waals surface area contributed by atoms with E-state index in [2.05, 4.69) is 33.7 Å². The molecule has 3 aromatic rings. The Morgan fingerprint density at radius 2 is 1.88 bits per heavy atom. The number of aryl methyl sites for hydroxylation is 1. The first-order valence-electron chi connectivity index (χ1n) is 11.7. The number of aromatic nitrogens is 2. The predicted octanol–water partition coefficient (Wildman–Crippen LogP) is 4.61. The van der Waals surface area contributed by atoms with Crippen LogP contribution in [0.2, 0.25) is 0 Å². The molecule has 0 aliphatic heterocycles. The Morgan fingerprint density at radius 1 is 1.09 bits per heavy atom. The first-order chi connectivity index (χ1) is 15.4. The van der Waals surface area contributed by atoms with E-state index in [9.17, 15) is 5.11 Å². The van der Waals surface area contributed by atoms with Gasteiger partial charge in [0.1, 0.15) is 11.6 Å². The number of nitrogens with one attached hydrogen (secondary N) is 2. The number of para-hydroxylation sites is 1. The molecule has 2 saturated carbocycles. The van der Waals surface area contributed by atoms with E-state index in [4.69, 9.17) is 9.97 Å². The third-order valence-corrected chi connectivity index (χ3v) is 7.32. The van der Waals surface area contributed by atoms with Gasteiger partial charge in [-0.15, -0.1) is 0 Å². The normalized spacial score (nSPS) is 24.6. The van der Waals surface area contributed by atoms with Crippen LogP contribution in [-0.4, -0.2) is 41.3 Å². The summed E-state index contributed by atoms with van der Waals surface area (Å²) in [6, 6.07) is 15.1. The minimum atomic E-state index is 0.371. The highest BCUT2D eigenvalue weighted by Gasteiger charge is 2.54. The molecule has 168 valence electrons. The Kier molecular flexibility index (Phi) is 5.41. The monoisotopic (exact) mass is 431 g/mol. The van der Waals surface area contributed by atoms with Crippen LogP contribution in [0.3, 0.4) is 0 Å². The third kappa shape index (κ3) is 4.11. The number of benzene rings is 2. The Hall–Kier alpha value is -2.86. The van der Waals surface area contributed by atoms with Crippen molar-refractivity contribution >= 4 is 22.7 Å². The third-order valence-electron chi connectivity index (χ3n) is 7.32. The van der Waals surface area contributed by atoms with Gasteiger partial charge in [0.15, 0.2) is 0 Å². The molecular formula is C26H33N5O. The molecule has 0 bridgehead atoms. The van der Waals surface area contributed by atoms with Crippen LogP contribution in [0.25, 0.3) is 10.9 Å². The maximum absolute atomic E-state index is 9.72. The van der Waals surface area contributed by atoms with Gasteiger partial charge in [-0.3, -0.25) is 0 Å². The van der Waals surface area contributed by atoms with Crippen molar-refractivity contribution in [3.8, 4) is 5.75 Å². The largest absolute Gasteiger partial charge is 0.508 e. The smallest absolute Gasteiger partial charge is 0.225 e. The van der Waals surface area contributed by atoms with Crippen LogP contribution in [0.15, 0.2) is 42.5 Å². The summed E-state index contributed by atoms with van der Waals surface area (Å²) in [4.78, 5) is 11.6. The molecule has 6 heteroatoms. The van der Waals surface area contributed by atoms with Gasteiger partial charge in [0.2, 0.25) is 5.95 Å². The average Bonchev–Trinajstić information content (AvgIpc) is 3.47. The van der Waals surface area contributed by atoms with E-state index in [1.165, 1.54) is 24.8 Å². The lowest BCUT2D eigenvalue weighted by atomic mass is 9.83. The van der Waals surface area contributed by atoms with E-state index in [0.717, 1.165) is 47.6 Å². The maximum Gasteiger partial charge on any atom is 0.225 e. The van der Waals surface area contributed by atoms with E-state index < -0.39 is 0 Å². The highest BCUT2D eigenvalue weighted by Crippen LogP contribution is 2.56. The average molecular weight is 432 g/mol. The summed E-state index contributed by atoms with van der Waals surface area (Å²) in [7, 11) is 4.06. The molecule has 0 unspecified atom stereocenters. The molecule has 2 aromatic carbocycles. The van der Waals surface area contributed by atoms with Crippen molar-refractivity contribution in [2.75, 3.05) is 24.3 Å². The zero-order valence-corrected chi connectivity index (χ0v) is 19.2. The maximum atomic E-state index is 9.72. The van der Waals surface area contributed by atoms with E-state index in [0.29, 0.717) is 23.2 Å². The van der Waals surface area contributed by atoms with Crippen molar-refractivity contribution in [3.05, 3.63) is 53.6 Å². The van der Waals surface area contributed by atoms with Crippen molar-refractivity contribution in [3.63, 3.8) is 0 Å². The number of hydrogen-bond donors (Lipinski definition) is 3. The Labute approximate surface area is 190 Å². The summed E-state index contributed by atoms with van der Waals surface area (Å²) in [5.41, 5.74) is 3.62. The number of fused-ring (bicyclic) bond motifs is 1. The molecule has 1 atom stereocenters. The van der Waals surface area contributed by atoms with Crippen LogP contribution in [0.4, 0.5) is 11.8 Å². The zero-order chi connectivity index (χ0) is 22.3. The Bertz CT molecular complexity index is 1120. The van der Waals surface area contributed by atoms with Crippen molar-refractivity contribution in [1.29, 1.82) is 0 Å². The van der Waals surface area contributed by atoms with Gasteiger partial charge in [-0.2, -0.15) is 4.98 Å². The number of anilines is 2. The van der Waals surface area contributed by atoms with Crippen molar-refractivity contribution in [1.82, 2.24) is 15.3 Å². The van der Waals surface area contributed by atoms with Crippen LogP contribution >= 0.6 is 0 Å². The molecule has 2 aliphatic rings. The van der Waals surface area contributed by atoms with Gasteiger partial charge in [-0.25, -0.2) is 4.98 Å². The number of aromatic hydroxyl groups is 1. The van der Waals surface area contributed by atoms with E-state index >= 15 is 0 Å². The first-order valence-corrected chi connectivity index (χ1v) is 11.7. The predicted molar refractivity (Wildman–Crippen MR) is 130 cm³/mol. The van der Waals surface area contributed by atoms with Gasteiger partial charge in [-0.1, -0.05) is 24.3 Å². The molecule has 1 spiro atoms. The van der Waals surface area contributed by atoms with Crippen LogP contribution in [0.5, 0.6) is 5.75 Å². The number of phenolic OH excluding ortho intramolecular Hbond substituents is 1. The van der Waals surface area contributed by atoms with Crippen LogP contribution in [0, 0.1) is 12.3 Å². The quantitative estimate of drug-likeness (QED) is 0.529. The number of hydrogen-bond acceptors (Lipinski definition) is 6. The fourth-order valence-electron chi connectivity index (χ4n) is 5.24. The minimum Gasteiger partial charge on any atom is -0.508 e. The molecule has 0 radical (unpaired) electrons. The zero-order valence-electron chi connectivity index (χ0n) is 19.2. The summed E-state index contributed by atoms with van der Waals surface area (Å²) in [5, 5.41) is 18.2. The Balaban J connectivity index is 1.17. The molecule has 1 heterocycles. The van der Waals surface area contributed by atoms with Crippen molar-refractivity contribution < 1.29 is 5.11 Å². The summed E-state index contributed by atoms with van der Waals surface area (Å²) in [6.45, 7) is 2.82. The van der Waals surface area contributed by atoms with Crippen molar-refractivity contribution in [2.24, 2.45) is 5.41 Å². The lowest BCUT2D eigenvalue weighted by molar-refractivity contribution is 0.296. The molecule has 0 amide bonds. The molecule has 2 fully saturated rings. The van der Waals surface area contributed by atoms with Gasteiger partial charge < -0.3 is 20.6 Å². The minimum absolute atomic E-state index is 0.371. The molecular weight excluding hydrogens is 398 g/mol. The summed E-state index contributed by atoms with van der Waals surface area (Å²) < 4.78 is 0. The summed E-state index contributed by atoms with van der Waals surface area (Å²) in [6.07, 6.45) is 6.07. The molecule has 0 saturated heterocycles. The molecule has 32 heavy (non-hydrogen) atoms. The topological polar surface area (TPSA) is 73.3 Å². The van der Waals surface area contributed by atoms with E-state index in [1.54, 1.807) is 6.07 Å². The van der Waals surface area contributed by atoms with Gasteiger partial charge in [0.05, 0.1) is 5.52 Å². The summed E-state index contributed by atoms with van der Waals surface area (Å²) in [5.74, 6) is 2.07. The fraction of sp³-hybridized carbons (Fsp3) is 0.462. The number of phenols is 1. The highest BCUT2D eigenvalue weighted by atomic mass is 16.3. The van der Waals surface area contributed by atoms with Crippen molar-refractivity contribution in [2.45, 2.75) is 57.7 Å².